The predicted octanol–water partition coefficient (Wildman–Crippen LogP) is 8.11. The summed E-state index contributed by atoms with van der Waals surface area (Å²) in [5.41, 5.74) is 0. The standard InChI is InChI=1S/2C10H22S/c1-3-5-6-7-9-10(11)8-4-2;1-3-5-7-9-10(11)8-6-4-2/h2*10-11H,3-9H2,1-2H3. The van der Waals surface area contributed by atoms with Crippen LogP contribution in [0.25, 0.3) is 0 Å². The minimum Gasteiger partial charge on any atom is -0.176 e. The molecule has 0 amide bonds. The molecule has 0 nitrogen and oxygen atoms in total. The van der Waals surface area contributed by atoms with E-state index in [0.717, 1.165) is 0 Å². The molecule has 136 valence electrons. The second kappa shape index (κ2) is 21.7. The molecule has 0 aromatic heterocycles. The zero-order valence-electron chi connectivity index (χ0n) is 15.9. The average molecular weight is 349 g/mol. The van der Waals surface area contributed by atoms with Crippen molar-refractivity contribution < 1.29 is 0 Å². The third-order valence-corrected chi connectivity index (χ3v) is 5.08. The molecule has 0 saturated carbocycles. The lowest BCUT2D eigenvalue weighted by atomic mass is 10.1. The van der Waals surface area contributed by atoms with E-state index in [1.165, 1.54) is 89.9 Å². The molecule has 2 heteroatoms. The molecular weight excluding hydrogens is 304 g/mol. The molecule has 0 aliphatic rings. The third kappa shape index (κ3) is 23.0. The van der Waals surface area contributed by atoms with Gasteiger partial charge in [-0.25, -0.2) is 0 Å². The van der Waals surface area contributed by atoms with Crippen molar-refractivity contribution in [2.24, 2.45) is 0 Å². The molecule has 0 bridgehead atoms. The van der Waals surface area contributed by atoms with Crippen LogP contribution in [0.15, 0.2) is 0 Å². The van der Waals surface area contributed by atoms with Crippen molar-refractivity contribution in [1.29, 1.82) is 0 Å². The number of unbranched alkanes of at least 4 members (excludes halogenated alkanes) is 6. The van der Waals surface area contributed by atoms with E-state index in [2.05, 4.69) is 53.0 Å². The lowest BCUT2D eigenvalue weighted by Crippen LogP contribution is -1.97. The molecule has 0 rings (SSSR count). The molecule has 22 heavy (non-hydrogen) atoms. The Morgan fingerprint density at radius 1 is 0.455 bits per heavy atom. The molecule has 0 fully saturated rings. The second-order valence-electron chi connectivity index (χ2n) is 6.58. The molecule has 0 aliphatic carbocycles. The number of hydrogen-bond acceptors (Lipinski definition) is 2. The van der Waals surface area contributed by atoms with Crippen LogP contribution in [0.2, 0.25) is 0 Å². The quantitative estimate of drug-likeness (QED) is 0.230. The van der Waals surface area contributed by atoms with Gasteiger partial charge in [0.15, 0.2) is 0 Å². The van der Waals surface area contributed by atoms with Gasteiger partial charge in [-0.2, -0.15) is 25.3 Å². The average Bonchev–Trinajstić information content (AvgIpc) is 2.51. The summed E-state index contributed by atoms with van der Waals surface area (Å²) >= 11 is 9.05. The van der Waals surface area contributed by atoms with Gasteiger partial charge in [0, 0.05) is 10.5 Å². The Morgan fingerprint density at radius 3 is 1.36 bits per heavy atom. The van der Waals surface area contributed by atoms with Gasteiger partial charge >= 0.3 is 0 Å². The van der Waals surface area contributed by atoms with Gasteiger partial charge in [0.05, 0.1) is 0 Å². The van der Waals surface area contributed by atoms with Crippen LogP contribution >= 0.6 is 25.3 Å². The van der Waals surface area contributed by atoms with Crippen LogP contribution < -0.4 is 0 Å². The molecule has 0 radical (unpaired) electrons. The summed E-state index contributed by atoms with van der Waals surface area (Å²) in [6.45, 7) is 8.98. The molecule has 0 spiro atoms. The lowest BCUT2D eigenvalue weighted by molar-refractivity contribution is 0.597. The first-order chi connectivity index (χ1) is 10.6. The van der Waals surface area contributed by atoms with Gasteiger partial charge in [-0.1, -0.05) is 91.9 Å². The molecule has 0 heterocycles. The lowest BCUT2D eigenvalue weighted by Gasteiger charge is -2.08. The molecule has 2 atom stereocenters. The van der Waals surface area contributed by atoms with Crippen LogP contribution in [0.1, 0.15) is 118 Å². The minimum absolute atomic E-state index is 0.664. The zero-order valence-corrected chi connectivity index (χ0v) is 17.7. The van der Waals surface area contributed by atoms with Crippen molar-refractivity contribution in [2.75, 3.05) is 0 Å². The molecule has 0 aromatic rings. The Bertz CT molecular complexity index is 183. The number of thiol groups is 2. The molecule has 0 aliphatic heterocycles. The third-order valence-electron chi connectivity index (χ3n) is 4.04. The first-order valence-corrected chi connectivity index (χ1v) is 11.0. The maximum Gasteiger partial charge on any atom is 0.00168 e. The topological polar surface area (TPSA) is 0 Å². The van der Waals surface area contributed by atoms with Crippen LogP contribution in [-0.4, -0.2) is 10.5 Å². The van der Waals surface area contributed by atoms with E-state index in [9.17, 15) is 0 Å². The SMILES string of the molecule is CCCCCC(S)CCCC.CCCCCCC(S)CCC. The van der Waals surface area contributed by atoms with Crippen LogP contribution in [0.5, 0.6) is 0 Å². The van der Waals surface area contributed by atoms with Crippen molar-refractivity contribution in [1.82, 2.24) is 0 Å². The Hall–Kier alpha value is 0.700. The highest BCUT2D eigenvalue weighted by molar-refractivity contribution is 7.81. The predicted molar refractivity (Wildman–Crippen MR) is 113 cm³/mol. The van der Waals surface area contributed by atoms with Gasteiger partial charge in [0.1, 0.15) is 0 Å². The fraction of sp³-hybridized carbons (Fsp3) is 1.00. The van der Waals surface area contributed by atoms with Gasteiger partial charge in [-0.05, 0) is 25.7 Å². The van der Waals surface area contributed by atoms with Crippen molar-refractivity contribution in [3.63, 3.8) is 0 Å². The van der Waals surface area contributed by atoms with Gasteiger partial charge in [-0.3, -0.25) is 0 Å². The summed E-state index contributed by atoms with van der Waals surface area (Å²) in [6, 6.07) is 0. The summed E-state index contributed by atoms with van der Waals surface area (Å²) in [7, 11) is 0. The van der Waals surface area contributed by atoms with Crippen molar-refractivity contribution in [2.45, 2.75) is 128 Å². The Morgan fingerprint density at radius 2 is 0.864 bits per heavy atom. The normalized spacial score (nSPS) is 13.4. The first-order valence-electron chi connectivity index (χ1n) is 9.98. The van der Waals surface area contributed by atoms with Crippen molar-refractivity contribution >= 4 is 25.3 Å². The Kier molecular flexibility index (Phi) is 24.6. The summed E-state index contributed by atoms with van der Waals surface area (Å²) in [6.07, 6.45) is 18.8. The number of rotatable bonds is 14. The Balaban J connectivity index is 0. The van der Waals surface area contributed by atoms with E-state index in [1.54, 1.807) is 0 Å². The van der Waals surface area contributed by atoms with Crippen molar-refractivity contribution in [3.8, 4) is 0 Å². The molecule has 0 saturated heterocycles. The summed E-state index contributed by atoms with van der Waals surface area (Å²) in [4.78, 5) is 0. The molecular formula is C20H44S2. The van der Waals surface area contributed by atoms with Crippen LogP contribution in [0, 0.1) is 0 Å². The molecule has 0 N–H and O–H groups in total. The molecule has 0 aromatic carbocycles. The minimum atomic E-state index is 0.664. The largest absolute Gasteiger partial charge is 0.176 e. The van der Waals surface area contributed by atoms with Crippen LogP contribution in [-0.2, 0) is 0 Å². The second-order valence-corrected chi connectivity index (χ2v) is 8.04. The highest BCUT2D eigenvalue weighted by Crippen LogP contribution is 2.15. The first kappa shape index (κ1) is 24.9. The summed E-state index contributed by atoms with van der Waals surface area (Å²) in [5, 5.41) is 1.33. The van der Waals surface area contributed by atoms with Gasteiger partial charge in [0.25, 0.3) is 0 Å². The maximum absolute atomic E-state index is 4.54. The smallest absolute Gasteiger partial charge is 0.00168 e. The highest BCUT2D eigenvalue weighted by atomic mass is 32.1. The van der Waals surface area contributed by atoms with E-state index < -0.39 is 0 Å². The van der Waals surface area contributed by atoms with Gasteiger partial charge < -0.3 is 0 Å². The fourth-order valence-corrected chi connectivity index (χ4v) is 3.30. The van der Waals surface area contributed by atoms with Crippen LogP contribution in [0.3, 0.4) is 0 Å². The summed E-state index contributed by atoms with van der Waals surface area (Å²) in [5.74, 6) is 0. The maximum atomic E-state index is 4.54. The highest BCUT2D eigenvalue weighted by Gasteiger charge is 2.01. The van der Waals surface area contributed by atoms with Gasteiger partial charge in [0.2, 0.25) is 0 Å². The summed E-state index contributed by atoms with van der Waals surface area (Å²) < 4.78 is 0. The van der Waals surface area contributed by atoms with E-state index >= 15 is 0 Å². The number of hydrogen-bond donors (Lipinski definition) is 2. The molecule has 2 unspecified atom stereocenters. The van der Waals surface area contributed by atoms with Crippen LogP contribution in [0.4, 0.5) is 0 Å². The fourth-order valence-electron chi connectivity index (χ4n) is 2.50. The van der Waals surface area contributed by atoms with Crippen molar-refractivity contribution in [3.05, 3.63) is 0 Å². The zero-order chi connectivity index (χ0) is 17.1. The van der Waals surface area contributed by atoms with E-state index in [1.807, 2.05) is 0 Å². The Labute approximate surface area is 153 Å². The van der Waals surface area contributed by atoms with E-state index in [0.29, 0.717) is 10.5 Å². The van der Waals surface area contributed by atoms with Gasteiger partial charge in [-0.15, -0.1) is 0 Å². The monoisotopic (exact) mass is 348 g/mol. The van der Waals surface area contributed by atoms with E-state index in [-0.39, 0.29) is 0 Å². The van der Waals surface area contributed by atoms with E-state index in [4.69, 9.17) is 0 Å².